The number of aliphatic hydroxyl groups is 1. The lowest BCUT2D eigenvalue weighted by Crippen LogP contribution is -2.41. The first-order valence-corrected chi connectivity index (χ1v) is 9.13. The Morgan fingerprint density at radius 1 is 1.03 bits per heavy atom. The van der Waals surface area contributed by atoms with Gasteiger partial charge in [-0.3, -0.25) is 14.5 Å². The van der Waals surface area contributed by atoms with Crippen LogP contribution in [-0.4, -0.2) is 46.0 Å². The summed E-state index contributed by atoms with van der Waals surface area (Å²) >= 11 is 5.92. The number of nitrogens with one attached hydrogen (secondary N) is 1. The van der Waals surface area contributed by atoms with E-state index in [0.29, 0.717) is 33.3 Å². The Morgan fingerprint density at radius 2 is 1.76 bits per heavy atom. The highest BCUT2D eigenvalue weighted by atomic mass is 35.5. The molecule has 3 N–H and O–H groups in total. The van der Waals surface area contributed by atoms with Crippen LogP contribution < -0.4 is 5.32 Å². The number of carboxylic acid groups (broad SMARTS) is 1. The maximum atomic E-state index is 12.7. The van der Waals surface area contributed by atoms with Crippen LogP contribution in [-0.2, 0) is 0 Å². The summed E-state index contributed by atoms with van der Waals surface area (Å²) in [5, 5.41) is 22.9. The predicted octanol–water partition coefficient (Wildman–Crippen LogP) is 3.52. The molecule has 29 heavy (non-hydrogen) atoms. The van der Waals surface area contributed by atoms with Crippen LogP contribution in [0, 0.1) is 0 Å². The Balaban J connectivity index is 1.83. The molecule has 0 aromatic heterocycles. The second kappa shape index (κ2) is 7.20. The molecule has 146 valence electrons. The molecule has 0 spiro atoms. The summed E-state index contributed by atoms with van der Waals surface area (Å²) in [4.78, 5) is 37.8. The molecule has 0 unspecified atom stereocenters. The highest BCUT2D eigenvalue weighted by molar-refractivity contribution is 6.33. The summed E-state index contributed by atoms with van der Waals surface area (Å²) in [5.74, 6) is -2.06. The summed E-state index contributed by atoms with van der Waals surface area (Å²) in [5.41, 5.74) is 1.82. The van der Waals surface area contributed by atoms with E-state index in [1.807, 2.05) is 0 Å². The number of nitrogens with zero attached hydrogens (tertiary/aromatic N) is 1. The van der Waals surface area contributed by atoms with Gasteiger partial charge < -0.3 is 15.5 Å². The van der Waals surface area contributed by atoms with Crippen molar-refractivity contribution in [3.63, 3.8) is 0 Å². The average molecular weight is 411 g/mol. The second-order valence-corrected chi connectivity index (χ2v) is 6.91. The number of aromatic carboxylic acids is 1. The van der Waals surface area contributed by atoms with E-state index in [2.05, 4.69) is 5.32 Å². The van der Waals surface area contributed by atoms with Crippen molar-refractivity contribution in [3.05, 3.63) is 70.2 Å². The topological polar surface area (TPSA) is 107 Å². The average Bonchev–Trinajstić information content (AvgIpc) is 2.71. The summed E-state index contributed by atoms with van der Waals surface area (Å²) in [6.45, 7) is -0.388. The zero-order chi connectivity index (χ0) is 20.7. The molecule has 3 aromatic carbocycles. The molecule has 7 nitrogen and oxygen atoms in total. The number of β-amino-alcohol motifs (C(OH)–C–C–N with tert-alkyl or cyclic N) is 1. The van der Waals surface area contributed by atoms with Crippen LogP contribution in [0.1, 0.15) is 31.1 Å². The standard InChI is InChI=1S/C21H15ClN2O5/c22-16-6-4-11(10-15(16)21(28)29)23-17-7-5-14-18-12(17)2-1-3-13(18)19(26)24(8-9-25)20(14)27/h1-7,10,23,25H,8-9H2,(H,28,29). The Hall–Kier alpha value is -3.42. The van der Waals surface area contributed by atoms with Gasteiger partial charge in [-0.1, -0.05) is 23.7 Å². The van der Waals surface area contributed by atoms with Gasteiger partial charge in [0.1, 0.15) is 0 Å². The second-order valence-electron chi connectivity index (χ2n) is 6.50. The summed E-state index contributed by atoms with van der Waals surface area (Å²) in [6.07, 6.45) is 0. The summed E-state index contributed by atoms with van der Waals surface area (Å²) in [7, 11) is 0. The third kappa shape index (κ3) is 3.10. The van der Waals surface area contributed by atoms with E-state index < -0.39 is 17.8 Å². The fraction of sp³-hybridized carbons (Fsp3) is 0.0952. The molecule has 0 bridgehead atoms. The van der Waals surface area contributed by atoms with E-state index in [9.17, 15) is 24.6 Å². The molecule has 0 radical (unpaired) electrons. The molecular formula is C21H15ClN2O5. The lowest BCUT2D eigenvalue weighted by molar-refractivity contribution is 0.0579. The number of aliphatic hydroxyl groups excluding tert-OH is 1. The maximum Gasteiger partial charge on any atom is 0.337 e. The molecule has 0 fully saturated rings. The van der Waals surface area contributed by atoms with Gasteiger partial charge in [0.15, 0.2) is 0 Å². The van der Waals surface area contributed by atoms with Gasteiger partial charge in [-0.25, -0.2) is 4.79 Å². The fourth-order valence-electron chi connectivity index (χ4n) is 3.48. The summed E-state index contributed by atoms with van der Waals surface area (Å²) in [6, 6.07) is 13.0. The van der Waals surface area contributed by atoms with Crippen molar-refractivity contribution < 1.29 is 24.6 Å². The number of imide groups is 1. The molecule has 0 atom stereocenters. The van der Waals surface area contributed by atoms with Crippen LogP contribution in [0.5, 0.6) is 0 Å². The predicted molar refractivity (Wildman–Crippen MR) is 108 cm³/mol. The number of carboxylic acids is 1. The Morgan fingerprint density at radius 3 is 2.45 bits per heavy atom. The van der Waals surface area contributed by atoms with Gasteiger partial charge >= 0.3 is 5.97 Å². The Kier molecular flexibility index (Phi) is 4.70. The minimum absolute atomic E-state index is 0.0376. The molecule has 1 heterocycles. The van der Waals surface area contributed by atoms with Gasteiger partial charge in [-0.15, -0.1) is 0 Å². The van der Waals surface area contributed by atoms with Gasteiger partial charge in [0.25, 0.3) is 11.8 Å². The monoisotopic (exact) mass is 410 g/mol. The molecular weight excluding hydrogens is 396 g/mol. The third-order valence-electron chi connectivity index (χ3n) is 4.79. The zero-order valence-electron chi connectivity index (χ0n) is 15.0. The Bertz CT molecular complexity index is 1170. The first kappa shape index (κ1) is 18.9. The van der Waals surface area contributed by atoms with Crippen LogP contribution in [0.3, 0.4) is 0 Å². The molecule has 1 aliphatic heterocycles. The number of carbonyl (C=O) groups is 3. The van der Waals surface area contributed by atoms with E-state index in [1.54, 1.807) is 36.4 Å². The van der Waals surface area contributed by atoms with E-state index in [0.717, 1.165) is 4.90 Å². The molecule has 3 aromatic rings. The highest BCUT2D eigenvalue weighted by Gasteiger charge is 2.32. The minimum atomic E-state index is -1.14. The fourth-order valence-corrected chi connectivity index (χ4v) is 3.68. The zero-order valence-corrected chi connectivity index (χ0v) is 15.7. The van der Waals surface area contributed by atoms with Crippen molar-refractivity contribution in [1.29, 1.82) is 0 Å². The number of amides is 2. The highest BCUT2D eigenvalue weighted by Crippen LogP contribution is 2.36. The molecule has 4 rings (SSSR count). The quantitative estimate of drug-likeness (QED) is 0.555. The number of halogens is 1. The molecule has 0 aliphatic carbocycles. The molecule has 0 saturated heterocycles. The largest absolute Gasteiger partial charge is 0.478 e. The number of hydrogen-bond donors (Lipinski definition) is 3. The van der Waals surface area contributed by atoms with Gasteiger partial charge in [0, 0.05) is 33.3 Å². The van der Waals surface area contributed by atoms with Crippen molar-refractivity contribution in [2.75, 3.05) is 18.5 Å². The lowest BCUT2D eigenvalue weighted by Gasteiger charge is -2.27. The number of rotatable bonds is 5. The van der Waals surface area contributed by atoms with Crippen molar-refractivity contribution >= 4 is 51.5 Å². The van der Waals surface area contributed by atoms with Gasteiger partial charge in [-0.2, -0.15) is 0 Å². The van der Waals surface area contributed by atoms with Crippen molar-refractivity contribution in [3.8, 4) is 0 Å². The first-order chi connectivity index (χ1) is 13.9. The molecule has 2 amide bonds. The van der Waals surface area contributed by atoms with E-state index in [1.165, 1.54) is 12.1 Å². The van der Waals surface area contributed by atoms with Crippen molar-refractivity contribution in [2.45, 2.75) is 0 Å². The van der Waals surface area contributed by atoms with Crippen molar-refractivity contribution in [2.24, 2.45) is 0 Å². The molecule has 1 aliphatic rings. The normalized spacial score (nSPS) is 13.1. The molecule has 8 heteroatoms. The number of anilines is 2. The maximum absolute atomic E-state index is 12.7. The first-order valence-electron chi connectivity index (χ1n) is 8.75. The third-order valence-corrected chi connectivity index (χ3v) is 5.12. The van der Waals surface area contributed by atoms with Crippen LogP contribution in [0.15, 0.2) is 48.5 Å². The van der Waals surface area contributed by atoms with Gasteiger partial charge in [-0.05, 0) is 36.4 Å². The van der Waals surface area contributed by atoms with Crippen LogP contribution >= 0.6 is 11.6 Å². The van der Waals surface area contributed by atoms with E-state index in [4.69, 9.17) is 11.6 Å². The van der Waals surface area contributed by atoms with E-state index in [-0.39, 0.29) is 23.7 Å². The van der Waals surface area contributed by atoms with Crippen LogP contribution in [0.25, 0.3) is 10.8 Å². The lowest BCUT2D eigenvalue weighted by atomic mass is 9.93. The van der Waals surface area contributed by atoms with Crippen LogP contribution in [0.2, 0.25) is 5.02 Å². The number of benzene rings is 3. The smallest absolute Gasteiger partial charge is 0.337 e. The number of carbonyl (C=O) groups excluding carboxylic acids is 2. The van der Waals surface area contributed by atoms with E-state index >= 15 is 0 Å². The SMILES string of the molecule is O=C(O)c1cc(Nc2ccc3c4c(cccc24)C(=O)N(CCO)C3=O)ccc1Cl. The minimum Gasteiger partial charge on any atom is -0.478 e. The van der Waals surface area contributed by atoms with Crippen molar-refractivity contribution in [1.82, 2.24) is 4.90 Å². The number of hydrogen-bond acceptors (Lipinski definition) is 5. The molecule has 0 saturated carbocycles. The van der Waals surface area contributed by atoms with Crippen LogP contribution in [0.4, 0.5) is 11.4 Å². The summed E-state index contributed by atoms with van der Waals surface area (Å²) < 4.78 is 0. The van der Waals surface area contributed by atoms with Gasteiger partial charge in [0.2, 0.25) is 0 Å². The Labute approximate surface area is 170 Å². The van der Waals surface area contributed by atoms with Gasteiger partial charge in [0.05, 0.1) is 23.7 Å².